The number of benzene rings is 2. The van der Waals surface area contributed by atoms with Crippen molar-refractivity contribution in [2.75, 3.05) is 0 Å². The smallest absolute Gasteiger partial charge is 0.271 e. The molecule has 22 heavy (non-hydrogen) atoms. The van der Waals surface area contributed by atoms with Crippen LogP contribution in [-0.4, -0.2) is 9.91 Å². The van der Waals surface area contributed by atoms with Gasteiger partial charge in [0.2, 0.25) is 5.89 Å². The van der Waals surface area contributed by atoms with E-state index in [4.69, 9.17) is 4.42 Å². The Morgan fingerprint density at radius 3 is 2.77 bits per heavy atom. The van der Waals surface area contributed by atoms with Crippen molar-refractivity contribution in [1.82, 2.24) is 4.98 Å². The molecule has 0 N–H and O–H groups in total. The monoisotopic (exact) mass is 362 g/mol. The maximum atomic E-state index is 13.7. The van der Waals surface area contributed by atoms with Gasteiger partial charge in [-0.15, -0.1) is 0 Å². The summed E-state index contributed by atoms with van der Waals surface area (Å²) in [6.07, 6.45) is 3.04. The van der Waals surface area contributed by atoms with Crippen molar-refractivity contribution in [2.24, 2.45) is 0 Å². The highest BCUT2D eigenvalue weighted by Gasteiger charge is 2.10. The SMILES string of the molecule is O=[N+]([O-])c1ccc2oc(/C=C/c3ccc(Br)cc3F)nc2c1. The molecule has 0 aliphatic carbocycles. The number of fused-ring (bicyclic) bond motifs is 1. The molecule has 0 radical (unpaired) electrons. The lowest BCUT2D eigenvalue weighted by Crippen LogP contribution is -1.86. The van der Waals surface area contributed by atoms with E-state index in [1.807, 2.05) is 0 Å². The van der Waals surface area contributed by atoms with Crippen molar-refractivity contribution >= 4 is 44.9 Å². The van der Waals surface area contributed by atoms with Gasteiger partial charge in [-0.05, 0) is 24.3 Å². The van der Waals surface area contributed by atoms with Gasteiger partial charge in [-0.2, -0.15) is 0 Å². The summed E-state index contributed by atoms with van der Waals surface area (Å²) in [5.41, 5.74) is 1.14. The summed E-state index contributed by atoms with van der Waals surface area (Å²) in [5.74, 6) is -0.129. The largest absolute Gasteiger partial charge is 0.437 e. The predicted molar refractivity (Wildman–Crippen MR) is 83.7 cm³/mol. The molecule has 0 fully saturated rings. The Morgan fingerprint density at radius 1 is 1.23 bits per heavy atom. The fourth-order valence-electron chi connectivity index (χ4n) is 1.92. The lowest BCUT2D eigenvalue weighted by Gasteiger charge is -1.96. The van der Waals surface area contributed by atoms with E-state index in [1.54, 1.807) is 12.1 Å². The first-order valence-electron chi connectivity index (χ1n) is 6.21. The maximum Gasteiger partial charge on any atom is 0.271 e. The molecule has 0 atom stereocenters. The van der Waals surface area contributed by atoms with E-state index in [-0.39, 0.29) is 17.4 Å². The van der Waals surface area contributed by atoms with Crippen molar-refractivity contribution in [3.63, 3.8) is 0 Å². The van der Waals surface area contributed by atoms with Crippen molar-refractivity contribution in [3.05, 3.63) is 68.3 Å². The number of oxazole rings is 1. The highest BCUT2D eigenvalue weighted by Crippen LogP contribution is 2.23. The van der Waals surface area contributed by atoms with Gasteiger partial charge < -0.3 is 4.42 Å². The van der Waals surface area contributed by atoms with Gasteiger partial charge in [0.1, 0.15) is 11.3 Å². The molecule has 0 unspecified atom stereocenters. The van der Waals surface area contributed by atoms with Gasteiger partial charge in [-0.25, -0.2) is 9.37 Å². The summed E-state index contributed by atoms with van der Waals surface area (Å²) in [6, 6.07) is 8.85. The Hall–Kier alpha value is -2.54. The molecule has 1 heterocycles. The summed E-state index contributed by atoms with van der Waals surface area (Å²) in [6.45, 7) is 0. The van der Waals surface area contributed by atoms with E-state index >= 15 is 0 Å². The molecule has 2 aromatic carbocycles. The number of nitro groups is 1. The Labute approximate surface area is 132 Å². The first-order valence-corrected chi connectivity index (χ1v) is 7.00. The number of rotatable bonds is 3. The summed E-state index contributed by atoms with van der Waals surface area (Å²) in [5, 5.41) is 10.7. The minimum absolute atomic E-state index is 0.0599. The van der Waals surface area contributed by atoms with E-state index in [0.29, 0.717) is 21.1 Å². The Kier molecular flexibility index (Phi) is 3.72. The van der Waals surface area contributed by atoms with Crippen LogP contribution >= 0.6 is 15.9 Å². The first-order chi connectivity index (χ1) is 10.5. The number of halogens is 2. The second kappa shape index (κ2) is 5.69. The van der Waals surface area contributed by atoms with Gasteiger partial charge >= 0.3 is 0 Å². The minimum Gasteiger partial charge on any atom is -0.437 e. The van der Waals surface area contributed by atoms with Crippen LogP contribution in [0.4, 0.5) is 10.1 Å². The molecular formula is C15H8BrFN2O3. The number of nitro benzene ring substituents is 1. The molecule has 110 valence electrons. The molecule has 1 aromatic heterocycles. The van der Waals surface area contributed by atoms with E-state index in [1.165, 1.54) is 36.4 Å². The number of hydrogen-bond acceptors (Lipinski definition) is 4. The van der Waals surface area contributed by atoms with Crippen LogP contribution in [0, 0.1) is 15.9 Å². The van der Waals surface area contributed by atoms with Crippen LogP contribution in [-0.2, 0) is 0 Å². The second-order valence-corrected chi connectivity index (χ2v) is 5.38. The zero-order valence-corrected chi connectivity index (χ0v) is 12.6. The molecule has 0 amide bonds. The van der Waals surface area contributed by atoms with Crippen LogP contribution in [0.25, 0.3) is 23.3 Å². The molecule has 3 aromatic rings. The summed E-state index contributed by atoms with van der Waals surface area (Å²) < 4.78 is 19.8. The number of non-ortho nitro benzene ring substituents is 1. The molecule has 5 nitrogen and oxygen atoms in total. The maximum absolute atomic E-state index is 13.7. The third-order valence-electron chi connectivity index (χ3n) is 2.97. The molecule has 0 saturated heterocycles. The Balaban J connectivity index is 1.93. The second-order valence-electron chi connectivity index (χ2n) is 4.46. The van der Waals surface area contributed by atoms with Crippen molar-refractivity contribution in [1.29, 1.82) is 0 Å². The van der Waals surface area contributed by atoms with Gasteiger partial charge in [0.15, 0.2) is 5.58 Å². The van der Waals surface area contributed by atoms with Crippen LogP contribution in [0.5, 0.6) is 0 Å². The van der Waals surface area contributed by atoms with Crippen molar-refractivity contribution < 1.29 is 13.7 Å². The van der Waals surface area contributed by atoms with Gasteiger partial charge in [-0.1, -0.05) is 22.0 Å². The van der Waals surface area contributed by atoms with Crippen LogP contribution < -0.4 is 0 Å². The first kappa shape index (κ1) is 14.4. The fourth-order valence-corrected chi connectivity index (χ4v) is 2.25. The molecule has 0 aliphatic heterocycles. The molecule has 0 spiro atoms. The standard InChI is InChI=1S/C15H8BrFN2O3/c16-10-3-1-9(12(17)7-10)2-6-15-18-13-8-11(19(20)21)4-5-14(13)22-15/h1-8H/b6-2+. The number of aromatic nitrogens is 1. The number of hydrogen-bond donors (Lipinski definition) is 0. The average Bonchev–Trinajstić information content (AvgIpc) is 2.88. The number of nitrogens with zero attached hydrogens (tertiary/aromatic N) is 2. The van der Waals surface area contributed by atoms with E-state index in [0.717, 1.165) is 0 Å². The molecule has 0 bridgehead atoms. The quantitative estimate of drug-likeness (QED) is 0.495. The zero-order chi connectivity index (χ0) is 15.7. The normalized spacial score (nSPS) is 11.4. The van der Waals surface area contributed by atoms with Crippen LogP contribution in [0.2, 0.25) is 0 Å². The fraction of sp³-hybridized carbons (Fsp3) is 0. The van der Waals surface area contributed by atoms with Crippen LogP contribution in [0.15, 0.2) is 45.3 Å². The van der Waals surface area contributed by atoms with Crippen molar-refractivity contribution in [2.45, 2.75) is 0 Å². The van der Waals surface area contributed by atoms with Crippen LogP contribution in [0.3, 0.4) is 0 Å². The summed E-state index contributed by atoms with van der Waals surface area (Å²) >= 11 is 3.18. The Bertz CT molecular complexity index is 905. The Morgan fingerprint density at radius 2 is 2.05 bits per heavy atom. The minimum atomic E-state index is -0.499. The predicted octanol–water partition coefficient (Wildman–Crippen LogP) is 4.81. The lowest BCUT2D eigenvalue weighted by atomic mass is 10.2. The van der Waals surface area contributed by atoms with E-state index in [9.17, 15) is 14.5 Å². The molecule has 7 heteroatoms. The highest BCUT2D eigenvalue weighted by atomic mass is 79.9. The lowest BCUT2D eigenvalue weighted by molar-refractivity contribution is -0.384. The zero-order valence-electron chi connectivity index (χ0n) is 11.0. The third-order valence-corrected chi connectivity index (χ3v) is 3.46. The van der Waals surface area contributed by atoms with Gasteiger partial charge in [0, 0.05) is 28.2 Å². The molecule has 0 saturated carbocycles. The van der Waals surface area contributed by atoms with Crippen LogP contribution in [0.1, 0.15) is 11.5 Å². The van der Waals surface area contributed by atoms with Gasteiger partial charge in [0.05, 0.1) is 4.92 Å². The third kappa shape index (κ3) is 2.89. The topological polar surface area (TPSA) is 69.2 Å². The molecule has 0 aliphatic rings. The van der Waals surface area contributed by atoms with Gasteiger partial charge in [-0.3, -0.25) is 10.1 Å². The van der Waals surface area contributed by atoms with E-state index < -0.39 is 4.92 Å². The van der Waals surface area contributed by atoms with Crippen molar-refractivity contribution in [3.8, 4) is 0 Å². The summed E-state index contributed by atoms with van der Waals surface area (Å²) in [4.78, 5) is 14.3. The van der Waals surface area contributed by atoms with Gasteiger partial charge in [0.25, 0.3) is 5.69 Å². The molecule has 3 rings (SSSR count). The summed E-state index contributed by atoms with van der Waals surface area (Å²) in [7, 11) is 0. The molecular weight excluding hydrogens is 355 g/mol. The highest BCUT2D eigenvalue weighted by molar-refractivity contribution is 9.10. The average molecular weight is 363 g/mol. The van der Waals surface area contributed by atoms with E-state index in [2.05, 4.69) is 20.9 Å².